The standard InChI is InChI=1S/C15H21NO4/c1-19-12-6-11(7-13(8-12)20-2)15(18)16-14-5-3-4-10(14)9-17/h6-8,10,14,17H,3-5,9H2,1-2H3,(H,16,18). The van der Waals surface area contributed by atoms with Crippen molar-refractivity contribution in [1.29, 1.82) is 0 Å². The summed E-state index contributed by atoms with van der Waals surface area (Å²) >= 11 is 0. The Morgan fingerprint density at radius 3 is 2.45 bits per heavy atom. The number of ether oxygens (including phenoxy) is 2. The number of aliphatic hydroxyl groups excluding tert-OH is 1. The molecule has 1 aliphatic rings. The van der Waals surface area contributed by atoms with Gasteiger partial charge in [0.2, 0.25) is 0 Å². The van der Waals surface area contributed by atoms with Gasteiger partial charge in [-0.1, -0.05) is 6.42 Å². The maximum atomic E-state index is 12.3. The molecule has 0 heterocycles. The van der Waals surface area contributed by atoms with Crippen LogP contribution in [0.15, 0.2) is 18.2 Å². The van der Waals surface area contributed by atoms with Crippen LogP contribution in [0.5, 0.6) is 11.5 Å². The van der Waals surface area contributed by atoms with Gasteiger partial charge >= 0.3 is 0 Å². The maximum Gasteiger partial charge on any atom is 0.251 e. The molecule has 1 aromatic carbocycles. The van der Waals surface area contributed by atoms with E-state index in [1.165, 1.54) is 0 Å². The topological polar surface area (TPSA) is 67.8 Å². The molecule has 0 spiro atoms. The number of aliphatic hydroxyl groups is 1. The van der Waals surface area contributed by atoms with Crippen LogP contribution in [0.3, 0.4) is 0 Å². The number of rotatable bonds is 5. The Balaban J connectivity index is 2.12. The van der Waals surface area contributed by atoms with E-state index < -0.39 is 0 Å². The van der Waals surface area contributed by atoms with E-state index in [9.17, 15) is 9.90 Å². The highest BCUT2D eigenvalue weighted by molar-refractivity contribution is 5.95. The molecule has 20 heavy (non-hydrogen) atoms. The normalized spacial score (nSPS) is 21.6. The van der Waals surface area contributed by atoms with Crippen LogP contribution in [0.4, 0.5) is 0 Å². The Morgan fingerprint density at radius 2 is 1.90 bits per heavy atom. The number of carbonyl (C=O) groups excluding carboxylic acids is 1. The molecule has 1 amide bonds. The first-order chi connectivity index (χ1) is 9.67. The Labute approximate surface area is 118 Å². The Bertz CT molecular complexity index is 453. The fraction of sp³-hybridized carbons (Fsp3) is 0.533. The van der Waals surface area contributed by atoms with Gasteiger partial charge in [0, 0.05) is 30.2 Å². The summed E-state index contributed by atoms with van der Waals surface area (Å²) in [4.78, 5) is 12.3. The van der Waals surface area contributed by atoms with E-state index in [1.807, 2.05) is 0 Å². The van der Waals surface area contributed by atoms with Crippen molar-refractivity contribution in [2.24, 2.45) is 5.92 Å². The molecule has 1 fully saturated rings. The SMILES string of the molecule is COc1cc(OC)cc(C(=O)NC2CCCC2CO)c1. The van der Waals surface area contributed by atoms with Crippen LogP contribution in [-0.4, -0.2) is 37.9 Å². The highest BCUT2D eigenvalue weighted by Crippen LogP contribution is 2.26. The van der Waals surface area contributed by atoms with Gasteiger partial charge in [-0.25, -0.2) is 0 Å². The molecule has 0 radical (unpaired) electrons. The second-order valence-electron chi connectivity index (χ2n) is 5.05. The molecule has 5 heteroatoms. The van der Waals surface area contributed by atoms with Crippen LogP contribution in [-0.2, 0) is 0 Å². The summed E-state index contributed by atoms with van der Waals surface area (Å²) in [6.45, 7) is 0.117. The van der Waals surface area contributed by atoms with Gasteiger partial charge in [0.1, 0.15) is 11.5 Å². The molecular weight excluding hydrogens is 258 g/mol. The zero-order valence-electron chi connectivity index (χ0n) is 11.9. The van der Waals surface area contributed by atoms with Gasteiger partial charge < -0.3 is 19.9 Å². The summed E-state index contributed by atoms with van der Waals surface area (Å²) in [5.74, 6) is 1.17. The van der Waals surface area contributed by atoms with E-state index in [1.54, 1.807) is 32.4 Å². The molecule has 0 aliphatic heterocycles. The van der Waals surface area contributed by atoms with E-state index >= 15 is 0 Å². The average Bonchev–Trinajstić information content (AvgIpc) is 2.93. The zero-order chi connectivity index (χ0) is 14.5. The Kier molecular flexibility index (Phi) is 4.84. The van der Waals surface area contributed by atoms with Crippen molar-refractivity contribution < 1.29 is 19.4 Å². The van der Waals surface area contributed by atoms with Gasteiger partial charge in [-0.05, 0) is 25.0 Å². The van der Waals surface area contributed by atoms with Gasteiger partial charge in [0.15, 0.2) is 0 Å². The van der Waals surface area contributed by atoms with E-state index in [-0.39, 0.29) is 24.5 Å². The molecular formula is C15H21NO4. The predicted molar refractivity (Wildman–Crippen MR) is 75.2 cm³/mol. The van der Waals surface area contributed by atoms with Crippen LogP contribution in [0.1, 0.15) is 29.6 Å². The number of hydrogen-bond donors (Lipinski definition) is 2. The summed E-state index contributed by atoms with van der Waals surface area (Å²) < 4.78 is 10.3. The lowest BCUT2D eigenvalue weighted by Crippen LogP contribution is -2.38. The first-order valence-electron chi connectivity index (χ1n) is 6.82. The molecule has 2 rings (SSSR count). The minimum atomic E-state index is -0.160. The van der Waals surface area contributed by atoms with Crippen LogP contribution < -0.4 is 14.8 Å². The summed E-state index contributed by atoms with van der Waals surface area (Å²) in [6.07, 6.45) is 2.92. The van der Waals surface area contributed by atoms with Crippen molar-refractivity contribution in [2.75, 3.05) is 20.8 Å². The van der Waals surface area contributed by atoms with Crippen molar-refractivity contribution in [3.8, 4) is 11.5 Å². The third kappa shape index (κ3) is 3.22. The van der Waals surface area contributed by atoms with Gasteiger partial charge in [-0.2, -0.15) is 0 Å². The Hall–Kier alpha value is -1.75. The van der Waals surface area contributed by atoms with Gasteiger partial charge in [-0.15, -0.1) is 0 Å². The largest absolute Gasteiger partial charge is 0.497 e. The van der Waals surface area contributed by atoms with Gasteiger partial charge in [0.25, 0.3) is 5.91 Å². The lowest BCUT2D eigenvalue weighted by atomic mass is 10.0. The first kappa shape index (κ1) is 14.7. The maximum absolute atomic E-state index is 12.3. The molecule has 110 valence electrons. The molecule has 0 saturated heterocycles. The minimum absolute atomic E-state index is 0.0460. The van der Waals surface area contributed by atoms with Crippen LogP contribution >= 0.6 is 0 Å². The van der Waals surface area contributed by atoms with E-state index in [2.05, 4.69) is 5.32 Å². The lowest BCUT2D eigenvalue weighted by molar-refractivity contribution is 0.0915. The average molecular weight is 279 g/mol. The molecule has 0 bridgehead atoms. The molecule has 0 aromatic heterocycles. The quantitative estimate of drug-likeness (QED) is 0.859. The van der Waals surface area contributed by atoms with Gasteiger partial charge in [0.05, 0.1) is 14.2 Å². The monoisotopic (exact) mass is 279 g/mol. The number of amides is 1. The van der Waals surface area contributed by atoms with Crippen molar-refractivity contribution in [2.45, 2.75) is 25.3 Å². The minimum Gasteiger partial charge on any atom is -0.497 e. The van der Waals surface area contributed by atoms with E-state index in [4.69, 9.17) is 9.47 Å². The van der Waals surface area contributed by atoms with Crippen molar-refractivity contribution >= 4 is 5.91 Å². The number of hydrogen-bond acceptors (Lipinski definition) is 4. The number of nitrogens with one attached hydrogen (secondary N) is 1. The van der Waals surface area contributed by atoms with Crippen molar-refractivity contribution in [3.63, 3.8) is 0 Å². The molecule has 1 saturated carbocycles. The fourth-order valence-corrected chi connectivity index (χ4v) is 2.64. The molecule has 1 aliphatic carbocycles. The molecule has 5 nitrogen and oxygen atoms in total. The zero-order valence-corrected chi connectivity index (χ0v) is 11.9. The van der Waals surface area contributed by atoms with Crippen LogP contribution in [0.25, 0.3) is 0 Å². The smallest absolute Gasteiger partial charge is 0.251 e. The fourth-order valence-electron chi connectivity index (χ4n) is 2.64. The summed E-state index contributed by atoms with van der Waals surface area (Å²) in [5.41, 5.74) is 0.504. The molecule has 2 atom stereocenters. The predicted octanol–water partition coefficient (Wildman–Crippen LogP) is 1.59. The number of carbonyl (C=O) groups is 1. The molecule has 1 aromatic rings. The number of benzene rings is 1. The second kappa shape index (κ2) is 6.61. The lowest BCUT2D eigenvalue weighted by Gasteiger charge is -2.19. The van der Waals surface area contributed by atoms with Crippen molar-refractivity contribution in [1.82, 2.24) is 5.32 Å². The summed E-state index contributed by atoms with van der Waals surface area (Å²) in [6, 6.07) is 5.13. The van der Waals surface area contributed by atoms with Gasteiger partial charge in [-0.3, -0.25) is 4.79 Å². The van der Waals surface area contributed by atoms with Crippen LogP contribution in [0.2, 0.25) is 0 Å². The first-order valence-corrected chi connectivity index (χ1v) is 6.82. The summed E-state index contributed by atoms with van der Waals surface area (Å²) in [7, 11) is 3.10. The third-order valence-electron chi connectivity index (χ3n) is 3.82. The summed E-state index contributed by atoms with van der Waals surface area (Å²) in [5, 5.41) is 12.3. The highest BCUT2D eigenvalue weighted by atomic mass is 16.5. The second-order valence-corrected chi connectivity index (χ2v) is 5.05. The van der Waals surface area contributed by atoms with E-state index in [0.29, 0.717) is 17.1 Å². The molecule has 2 unspecified atom stereocenters. The third-order valence-corrected chi connectivity index (χ3v) is 3.82. The van der Waals surface area contributed by atoms with Crippen LogP contribution in [0, 0.1) is 5.92 Å². The highest BCUT2D eigenvalue weighted by Gasteiger charge is 2.28. The Morgan fingerprint density at radius 1 is 1.25 bits per heavy atom. The molecule has 2 N–H and O–H groups in total. The van der Waals surface area contributed by atoms with E-state index in [0.717, 1.165) is 19.3 Å². The number of methoxy groups -OCH3 is 2. The van der Waals surface area contributed by atoms with Crippen molar-refractivity contribution in [3.05, 3.63) is 23.8 Å².